The molecule has 142 valence electrons. The van der Waals surface area contributed by atoms with Gasteiger partial charge in [0.05, 0.1) is 0 Å². The average molecular weight is 402 g/mol. The van der Waals surface area contributed by atoms with Crippen molar-refractivity contribution in [3.05, 3.63) is 23.0 Å². The van der Waals surface area contributed by atoms with Crippen molar-refractivity contribution in [2.24, 2.45) is 0 Å². The number of rotatable bonds is 12. The second-order valence-electron chi connectivity index (χ2n) is 4.00. The van der Waals surface area contributed by atoms with E-state index in [1.54, 1.807) is 23.1 Å². The molecule has 0 radical (unpaired) electrons. The zero-order chi connectivity index (χ0) is 19.6. The van der Waals surface area contributed by atoms with Crippen LogP contribution in [0.25, 0.3) is 0 Å². The fraction of sp³-hybridized carbons (Fsp3) is 0.375. The largest absolute Gasteiger partial charge is 0.427 e. The van der Waals surface area contributed by atoms with Gasteiger partial charge in [0.1, 0.15) is 6.42 Å². The molecule has 0 amide bonds. The molecule has 0 saturated heterocycles. The SMILES string of the molecule is C#CC(=O)OCOC(=O)CC(=O)OCOC(=O)/C=C/SCCS/C=C/C. The molecule has 0 saturated carbocycles. The maximum atomic E-state index is 11.3. The summed E-state index contributed by atoms with van der Waals surface area (Å²) in [5, 5.41) is 3.56. The molecule has 0 fully saturated rings. The van der Waals surface area contributed by atoms with Crippen LogP contribution in [0.15, 0.2) is 23.0 Å². The van der Waals surface area contributed by atoms with Crippen molar-refractivity contribution in [1.29, 1.82) is 0 Å². The lowest BCUT2D eigenvalue weighted by atomic mass is 10.4. The molecule has 0 aliphatic rings. The van der Waals surface area contributed by atoms with E-state index >= 15 is 0 Å². The topological polar surface area (TPSA) is 105 Å². The highest BCUT2D eigenvalue weighted by molar-refractivity contribution is 8.05. The zero-order valence-electron chi connectivity index (χ0n) is 14.0. The monoisotopic (exact) mass is 402 g/mol. The third kappa shape index (κ3) is 15.2. The predicted octanol–water partition coefficient (Wildman–Crippen LogP) is 1.61. The first kappa shape index (κ1) is 23.6. The third-order valence-electron chi connectivity index (χ3n) is 2.09. The maximum absolute atomic E-state index is 11.3. The molecule has 0 aliphatic carbocycles. The summed E-state index contributed by atoms with van der Waals surface area (Å²) in [6.07, 6.45) is 7.13. The van der Waals surface area contributed by atoms with Crippen molar-refractivity contribution in [2.75, 3.05) is 25.1 Å². The van der Waals surface area contributed by atoms with E-state index in [-0.39, 0.29) is 0 Å². The Hall–Kier alpha value is -2.38. The van der Waals surface area contributed by atoms with Crippen molar-refractivity contribution >= 4 is 47.4 Å². The highest BCUT2D eigenvalue weighted by Gasteiger charge is 2.13. The Labute approximate surface area is 159 Å². The van der Waals surface area contributed by atoms with Gasteiger partial charge in [-0.05, 0) is 17.7 Å². The van der Waals surface area contributed by atoms with Crippen LogP contribution in [0.2, 0.25) is 0 Å². The summed E-state index contributed by atoms with van der Waals surface area (Å²) >= 11 is 3.10. The number of terminal acetylenes is 1. The van der Waals surface area contributed by atoms with Gasteiger partial charge in [-0.1, -0.05) is 6.08 Å². The molecule has 0 aromatic carbocycles. The van der Waals surface area contributed by atoms with E-state index in [4.69, 9.17) is 6.42 Å². The summed E-state index contributed by atoms with van der Waals surface area (Å²) in [5.41, 5.74) is 0. The molecular formula is C16H18O8S2. The summed E-state index contributed by atoms with van der Waals surface area (Å²) in [4.78, 5) is 44.4. The molecule has 0 atom stereocenters. The molecule has 26 heavy (non-hydrogen) atoms. The van der Waals surface area contributed by atoms with Crippen molar-refractivity contribution in [2.45, 2.75) is 13.3 Å². The molecule has 0 heterocycles. The summed E-state index contributed by atoms with van der Waals surface area (Å²) in [6.45, 7) is 0.590. The van der Waals surface area contributed by atoms with E-state index in [9.17, 15) is 19.2 Å². The van der Waals surface area contributed by atoms with Crippen molar-refractivity contribution in [1.82, 2.24) is 0 Å². The normalized spacial score (nSPS) is 10.3. The summed E-state index contributed by atoms with van der Waals surface area (Å²) < 4.78 is 17.8. The quantitative estimate of drug-likeness (QED) is 0.0909. The van der Waals surface area contributed by atoms with E-state index in [0.29, 0.717) is 0 Å². The molecule has 0 rings (SSSR count). The Kier molecular flexibility index (Phi) is 14.6. The predicted molar refractivity (Wildman–Crippen MR) is 96.4 cm³/mol. The van der Waals surface area contributed by atoms with Crippen molar-refractivity contribution in [3.63, 3.8) is 0 Å². The molecule has 0 aromatic heterocycles. The Morgan fingerprint density at radius 3 is 2.08 bits per heavy atom. The number of carbonyl (C=O) groups is 4. The molecule has 0 unspecified atom stereocenters. The Morgan fingerprint density at radius 2 is 1.50 bits per heavy atom. The molecule has 0 N–H and O–H groups in total. The van der Waals surface area contributed by atoms with Gasteiger partial charge in [-0.25, -0.2) is 9.59 Å². The average Bonchev–Trinajstić information content (AvgIpc) is 2.60. The minimum absolute atomic E-state index is 0.636. The number of esters is 4. The summed E-state index contributed by atoms with van der Waals surface area (Å²) in [6, 6.07) is 0. The maximum Gasteiger partial charge on any atom is 0.386 e. The third-order valence-corrected chi connectivity index (χ3v) is 4.02. The fourth-order valence-corrected chi connectivity index (χ4v) is 2.49. The lowest BCUT2D eigenvalue weighted by Gasteiger charge is -2.05. The van der Waals surface area contributed by atoms with E-state index in [2.05, 4.69) is 18.9 Å². The number of thioether (sulfide) groups is 2. The Morgan fingerprint density at radius 1 is 0.923 bits per heavy atom. The minimum atomic E-state index is -1.00. The van der Waals surface area contributed by atoms with Crippen LogP contribution in [0.1, 0.15) is 13.3 Å². The van der Waals surface area contributed by atoms with Gasteiger partial charge >= 0.3 is 23.9 Å². The van der Waals surface area contributed by atoms with Gasteiger partial charge in [-0.15, -0.1) is 29.9 Å². The van der Waals surface area contributed by atoms with E-state index in [1.807, 2.05) is 18.4 Å². The summed E-state index contributed by atoms with van der Waals surface area (Å²) in [7, 11) is 0. The number of ether oxygens (including phenoxy) is 4. The Balaban J connectivity index is 3.73. The molecule has 0 spiro atoms. The van der Waals surface area contributed by atoms with E-state index in [0.717, 1.165) is 11.5 Å². The minimum Gasteiger partial charge on any atom is -0.427 e. The molecule has 0 aromatic rings. The lowest BCUT2D eigenvalue weighted by Crippen LogP contribution is -2.18. The van der Waals surface area contributed by atoms with Gasteiger partial charge in [-0.2, -0.15) is 0 Å². The number of hydrogen-bond donors (Lipinski definition) is 0. The first-order valence-corrected chi connectivity index (χ1v) is 9.21. The molecule has 0 bridgehead atoms. The van der Waals surface area contributed by atoms with Gasteiger partial charge in [0.25, 0.3) is 0 Å². The smallest absolute Gasteiger partial charge is 0.386 e. The highest BCUT2D eigenvalue weighted by atomic mass is 32.2. The molecule has 8 nitrogen and oxygen atoms in total. The van der Waals surface area contributed by atoms with E-state index < -0.39 is 43.9 Å². The van der Waals surface area contributed by atoms with Crippen LogP contribution in [0, 0.1) is 12.3 Å². The van der Waals surface area contributed by atoms with Gasteiger partial charge in [0.2, 0.25) is 13.6 Å². The molecule has 10 heteroatoms. The van der Waals surface area contributed by atoms with Crippen LogP contribution in [0.3, 0.4) is 0 Å². The number of hydrogen-bond acceptors (Lipinski definition) is 10. The van der Waals surface area contributed by atoms with Crippen LogP contribution >= 0.6 is 23.5 Å². The zero-order valence-corrected chi connectivity index (χ0v) is 15.6. The second kappa shape index (κ2) is 16.1. The van der Waals surface area contributed by atoms with Gasteiger partial charge < -0.3 is 18.9 Å². The van der Waals surface area contributed by atoms with Crippen LogP contribution in [0.5, 0.6) is 0 Å². The first-order chi connectivity index (χ1) is 12.5. The standard InChI is InChI=1S/C16H18O8S2/c1-3-6-25-8-9-26-7-5-14(18)22-12-24-16(20)10-15(19)23-11-21-13(17)4-2/h2-3,5-7H,8-12H2,1H3/b6-3+,7-5+. The van der Waals surface area contributed by atoms with Crippen LogP contribution in [-0.2, 0) is 38.1 Å². The number of allylic oxidation sites excluding steroid dienone is 1. The molecule has 0 aliphatic heterocycles. The van der Waals surface area contributed by atoms with Crippen LogP contribution < -0.4 is 0 Å². The lowest BCUT2D eigenvalue weighted by molar-refractivity contribution is -0.170. The summed E-state index contributed by atoms with van der Waals surface area (Å²) in [5.74, 6) is -0.268. The van der Waals surface area contributed by atoms with Crippen LogP contribution in [-0.4, -0.2) is 49.0 Å². The van der Waals surface area contributed by atoms with Gasteiger partial charge in [0.15, 0.2) is 0 Å². The van der Waals surface area contributed by atoms with Gasteiger partial charge in [-0.3, -0.25) is 9.59 Å². The first-order valence-electron chi connectivity index (χ1n) is 7.11. The fourth-order valence-electron chi connectivity index (χ4n) is 1.04. The number of carbonyl (C=O) groups excluding carboxylic acids is 4. The van der Waals surface area contributed by atoms with Crippen molar-refractivity contribution < 1.29 is 38.1 Å². The van der Waals surface area contributed by atoms with E-state index in [1.165, 1.54) is 17.8 Å². The Bertz CT molecular complexity index is 577. The van der Waals surface area contributed by atoms with Gasteiger partial charge in [0, 0.05) is 23.5 Å². The van der Waals surface area contributed by atoms with Crippen molar-refractivity contribution in [3.8, 4) is 12.3 Å². The highest BCUT2D eigenvalue weighted by Crippen LogP contribution is 2.09. The van der Waals surface area contributed by atoms with Crippen LogP contribution in [0.4, 0.5) is 0 Å². The second-order valence-corrected chi connectivity index (χ2v) is 6.03. The molecular weight excluding hydrogens is 384 g/mol.